The fourth-order valence-corrected chi connectivity index (χ4v) is 2.16. The third kappa shape index (κ3) is 2.32. The second-order valence-electron chi connectivity index (χ2n) is 4.39. The highest BCUT2D eigenvalue weighted by atomic mass is 32.1. The van der Waals surface area contributed by atoms with Gasteiger partial charge in [0.1, 0.15) is 10.8 Å². The fraction of sp³-hybridized carbons (Fsp3) is 0.500. The van der Waals surface area contributed by atoms with Crippen LogP contribution in [0.25, 0.3) is 0 Å². The molecule has 2 rings (SSSR count). The van der Waals surface area contributed by atoms with E-state index >= 15 is 0 Å². The quantitative estimate of drug-likeness (QED) is 0.786. The minimum atomic E-state index is 0.399. The molecule has 3 N–H and O–H groups in total. The van der Waals surface area contributed by atoms with E-state index in [1.165, 1.54) is 19.3 Å². The van der Waals surface area contributed by atoms with Crippen LogP contribution in [0.5, 0.6) is 0 Å². The zero-order chi connectivity index (χ0) is 11.5. The van der Waals surface area contributed by atoms with Gasteiger partial charge in [0.2, 0.25) is 0 Å². The molecule has 1 aromatic rings. The number of rotatable bonds is 4. The van der Waals surface area contributed by atoms with E-state index in [2.05, 4.69) is 17.2 Å². The van der Waals surface area contributed by atoms with Gasteiger partial charge >= 0.3 is 0 Å². The molecule has 86 valence electrons. The lowest BCUT2D eigenvalue weighted by atomic mass is 9.80. The van der Waals surface area contributed by atoms with E-state index in [9.17, 15) is 0 Å². The van der Waals surface area contributed by atoms with Crippen molar-refractivity contribution < 1.29 is 0 Å². The monoisotopic (exact) mass is 235 g/mol. The summed E-state index contributed by atoms with van der Waals surface area (Å²) in [4.78, 5) is 4.70. The van der Waals surface area contributed by atoms with Crippen molar-refractivity contribution in [3.05, 3.63) is 23.9 Å². The van der Waals surface area contributed by atoms with Gasteiger partial charge in [-0.05, 0) is 37.8 Å². The highest BCUT2D eigenvalue weighted by Crippen LogP contribution is 2.31. The predicted molar refractivity (Wildman–Crippen MR) is 70.6 cm³/mol. The Morgan fingerprint density at radius 1 is 1.62 bits per heavy atom. The number of anilines is 1. The topological polar surface area (TPSA) is 50.9 Å². The van der Waals surface area contributed by atoms with Crippen LogP contribution in [-0.4, -0.2) is 16.0 Å². The van der Waals surface area contributed by atoms with Gasteiger partial charge in [0.15, 0.2) is 0 Å². The Labute approximate surface area is 101 Å². The van der Waals surface area contributed by atoms with Crippen molar-refractivity contribution in [1.29, 1.82) is 0 Å². The predicted octanol–water partition coefficient (Wildman–Crippen LogP) is 2.32. The van der Waals surface area contributed by atoms with Crippen molar-refractivity contribution in [2.75, 3.05) is 5.32 Å². The highest BCUT2D eigenvalue weighted by molar-refractivity contribution is 7.80. The van der Waals surface area contributed by atoms with Crippen molar-refractivity contribution in [2.45, 2.75) is 32.2 Å². The molecule has 1 aliphatic carbocycles. The average molecular weight is 235 g/mol. The molecule has 1 fully saturated rings. The van der Waals surface area contributed by atoms with Crippen LogP contribution in [0.4, 0.5) is 5.82 Å². The first-order valence-electron chi connectivity index (χ1n) is 5.70. The van der Waals surface area contributed by atoms with Crippen molar-refractivity contribution in [1.82, 2.24) is 4.98 Å². The van der Waals surface area contributed by atoms with Gasteiger partial charge in [-0.25, -0.2) is 4.98 Å². The van der Waals surface area contributed by atoms with Crippen molar-refractivity contribution in [3.8, 4) is 0 Å². The number of hydrogen-bond acceptors (Lipinski definition) is 3. The largest absolute Gasteiger partial charge is 0.389 e. The molecule has 1 heterocycles. The fourth-order valence-electron chi connectivity index (χ4n) is 1.99. The molecule has 0 aliphatic heterocycles. The Hall–Kier alpha value is -1.16. The summed E-state index contributed by atoms with van der Waals surface area (Å²) >= 11 is 5.01. The summed E-state index contributed by atoms with van der Waals surface area (Å²) in [5, 5.41) is 3.42. The SMILES string of the molecule is CC(Nc1ncccc1C(N)=S)C1CCC1. The molecule has 4 heteroatoms. The minimum Gasteiger partial charge on any atom is -0.389 e. The summed E-state index contributed by atoms with van der Waals surface area (Å²) in [6.45, 7) is 2.20. The summed E-state index contributed by atoms with van der Waals surface area (Å²) in [7, 11) is 0. The highest BCUT2D eigenvalue weighted by Gasteiger charge is 2.24. The van der Waals surface area contributed by atoms with Crippen LogP contribution in [0.2, 0.25) is 0 Å². The van der Waals surface area contributed by atoms with Crippen molar-refractivity contribution in [2.24, 2.45) is 11.7 Å². The summed E-state index contributed by atoms with van der Waals surface area (Å²) in [5.74, 6) is 1.58. The molecule has 1 unspecified atom stereocenters. The number of nitrogens with zero attached hydrogens (tertiary/aromatic N) is 1. The molecule has 0 bridgehead atoms. The molecular weight excluding hydrogens is 218 g/mol. The van der Waals surface area contributed by atoms with Crippen LogP contribution in [0, 0.1) is 5.92 Å². The maximum atomic E-state index is 5.66. The first-order chi connectivity index (χ1) is 7.68. The number of aromatic nitrogens is 1. The third-order valence-electron chi connectivity index (χ3n) is 3.29. The first kappa shape index (κ1) is 11.3. The van der Waals surface area contributed by atoms with Gasteiger partial charge in [0, 0.05) is 12.2 Å². The number of nitrogens with two attached hydrogens (primary N) is 1. The van der Waals surface area contributed by atoms with Crippen molar-refractivity contribution >= 4 is 23.0 Å². The molecule has 1 aliphatic rings. The average Bonchev–Trinajstić information content (AvgIpc) is 2.15. The van der Waals surface area contributed by atoms with Gasteiger partial charge in [0.25, 0.3) is 0 Å². The normalized spacial score (nSPS) is 17.6. The van der Waals surface area contributed by atoms with Gasteiger partial charge < -0.3 is 11.1 Å². The zero-order valence-corrected chi connectivity index (χ0v) is 10.3. The summed E-state index contributed by atoms with van der Waals surface area (Å²) < 4.78 is 0. The Bertz CT molecular complexity index is 388. The van der Waals surface area contributed by atoms with E-state index in [0.717, 1.165) is 17.3 Å². The molecule has 1 saturated carbocycles. The Balaban J connectivity index is 2.10. The van der Waals surface area contributed by atoms with Gasteiger partial charge in [-0.3, -0.25) is 0 Å². The first-order valence-corrected chi connectivity index (χ1v) is 6.10. The maximum absolute atomic E-state index is 5.66. The second-order valence-corrected chi connectivity index (χ2v) is 4.83. The molecule has 1 atom stereocenters. The van der Waals surface area contributed by atoms with Gasteiger partial charge in [-0.1, -0.05) is 18.6 Å². The van der Waals surface area contributed by atoms with Crippen LogP contribution in [0.1, 0.15) is 31.7 Å². The molecular formula is C12H17N3S. The van der Waals surface area contributed by atoms with E-state index in [1.807, 2.05) is 12.1 Å². The van der Waals surface area contributed by atoms with E-state index < -0.39 is 0 Å². The number of pyridine rings is 1. The number of nitrogens with one attached hydrogen (secondary N) is 1. The van der Waals surface area contributed by atoms with Crippen molar-refractivity contribution in [3.63, 3.8) is 0 Å². The van der Waals surface area contributed by atoms with Crippen LogP contribution >= 0.6 is 12.2 Å². The lowest BCUT2D eigenvalue weighted by Crippen LogP contribution is -2.32. The van der Waals surface area contributed by atoms with E-state index in [0.29, 0.717) is 11.0 Å². The molecule has 16 heavy (non-hydrogen) atoms. The van der Waals surface area contributed by atoms with E-state index in [1.54, 1.807) is 6.20 Å². The number of thiocarbonyl (C=S) groups is 1. The van der Waals surface area contributed by atoms with E-state index in [-0.39, 0.29) is 0 Å². The second kappa shape index (κ2) is 4.78. The van der Waals surface area contributed by atoms with Gasteiger partial charge in [0.05, 0.1) is 5.56 Å². The maximum Gasteiger partial charge on any atom is 0.136 e. The molecule has 0 saturated heterocycles. The van der Waals surface area contributed by atoms with Crippen LogP contribution < -0.4 is 11.1 Å². The number of hydrogen-bond donors (Lipinski definition) is 2. The lowest BCUT2D eigenvalue weighted by molar-refractivity contribution is 0.285. The van der Waals surface area contributed by atoms with Crippen LogP contribution in [-0.2, 0) is 0 Å². The van der Waals surface area contributed by atoms with Crippen LogP contribution in [0.15, 0.2) is 18.3 Å². The van der Waals surface area contributed by atoms with Gasteiger partial charge in [-0.2, -0.15) is 0 Å². The standard InChI is InChI=1S/C12H17N3S/c1-8(9-4-2-5-9)15-12-10(11(13)16)6-3-7-14-12/h3,6-9H,2,4-5H2,1H3,(H2,13,16)(H,14,15). The molecule has 0 amide bonds. The smallest absolute Gasteiger partial charge is 0.136 e. The molecule has 0 aromatic carbocycles. The minimum absolute atomic E-state index is 0.399. The van der Waals surface area contributed by atoms with Crippen LogP contribution in [0.3, 0.4) is 0 Å². The zero-order valence-electron chi connectivity index (χ0n) is 9.44. The summed E-state index contributed by atoms with van der Waals surface area (Å²) in [6, 6.07) is 4.20. The van der Waals surface area contributed by atoms with E-state index in [4.69, 9.17) is 18.0 Å². The summed E-state index contributed by atoms with van der Waals surface area (Å²) in [5.41, 5.74) is 6.50. The lowest BCUT2D eigenvalue weighted by Gasteiger charge is -2.32. The molecule has 0 radical (unpaired) electrons. The van der Waals surface area contributed by atoms with Gasteiger partial charge in [-0.15, -0.1) is 0 Å². The third-order valence-corrected chi connectivity index (χ3v) is 3.51. The molecule has 3 nitrogen and oxygen atoms in total. The summed E-state index contributed by atoms with van der Waals surface area (Å²) in [6.07, 6.45) is 5.73. The Kier molecular flexibility index (Phi) is 3.39. The Morgan fingerprint density at radius 2 is 2.38 bits per heavy atom. The molecule has 1 aromatic heterocycles. The Morgan fingerprint density at radius 3 is 2.94 bits per heavy atom. The molecule has 0 spiro atoms.